The number of rotatable bonds is 13. The zero-order valence-corrected chi connectivity index (χ0v) is 27.6. The van der Waals surface area contributed by atoms with Gasteiger partial charge in [-0.25, -0.2) is 8.42 Å². The largest absolute Gasteiger partial charge is 0.352 e. The number of aryl methyl sites for hydroxylation is 1. The normalized spacial score (nSPS) is 12.6. The SMILES string of the molecule is CC[C@@H](C)NC(=O)[C@H](Cc1ccccc1)N(Cc1cccc(Br)c1)C(=O)CN(c1cccc(C)c1)S(=O)(=O)c1ccccc1. The van der Waals surface area contributed by atoms with Crippen molar-refractivity contribution in [1.82, 2.24) is 10.2 Å². The first-order chi connectivity index (χ1) is 21.1. The number of anilines is 1. The van der Waals surface area contributed by atoms with Gasteiger partial charge in [0.25, 0.3) is 10.0 Å². The molecule has 0 heterocycles. The zero-order chi connectivity index (χ0) is 31.7. The lowest BCUT2D eigenvalue weighted by Gasteiger charge is -2.34. The summed E-state index contributed by atoms with van der Waals surface area (Å²) in [6.45, 7) is 5.39. The Labute approximate surface area is 269 Å². The maximum absolute atomic E-state index is 14.5. The summed E-state index contributed by atoms with van der Waals surface area (Å²) in [6.07, 6.45) is 0.985. The van der Waals surface area contributed by atoms with Crippen molar-refractivity contribution in [1.29, 1.82) is 0 Å². The molecule has 7 nitrogen and oxygen atoms in total. The van der Waals surface area contributed by atoms with E-state index in [9.17, 15) is 18.0 Å². The first kappa shape index (κ1) is 33.0. The molecule has 0 saturated carbocycles. The lowest BCUT2D eigenvalue weighted by atomic mass is 10.0. The van der Waals surface area contributed by atoms with E-state index in [0.717, 1.165) is 31.9 Å². The van der Waals surface area contributed by atoms with Crippen molar-refractivity contribution in [2.75, 3.05) is 10.8 Å². The first-order valence-electron chi connectivity index (χ1n) is 14.6. The van der Waals surface area contributed by atoms with E-state index in [4.69, 9.17) is 0 Å². The van der Waals surface area contributed by atoms with Crippen LogP contribution in [0.1, 0.15) is 37.0 Å². The van der Waals surface area contributed by atoms with Gasteiger partial charge < -0.3 is 10.2 Å². The van der Waals surface area contributed by atoms with Gasteiger partial charge in [-0.15, -0.1) is 0 Å². The van der Waals surface area contributed by atoms with Gasteiger partial charge in [-0.1, -0.05) is 95.7 Å². The van der Waals surface area contributed by atoms with Crippen LogP contribution >= 0.6 is 15.9 Å². The number of halogens is 1. The van der Waals surface area contributed by atoms with E-state index in [1.165, 1.54) is 17.0 Å². The van der Waals surface area contributed by atoms with Gasteiger partial charge in [0.2, 0.25) is 11.8 Å². The van der Waals surface area contributed by atoms with Crippen LogP contribution in [0.25, 0.3) is 0 Å². The standard InChI is InChI=1S/C35H38BrN3O4S/c1-4-27(3)37-35(41)33(23-28-14-7-5-8-15-28)38(24-29-16-12-17-30(36)22-29)34(40)25-39(31-18-11-13-26(2)21-31)44(42,43)32-19-9-6-10-20-32/h5-22,27,33H,4,23-25H2,1-3H3,(H,37,41)/t27-,33+/m1/s1. The molecule has 0 unspecified atom stereocenters. The van der Waals surface area contributed by atoms with Crippen LogP contribution < -0.4 is 9.62 Å². The summed E-state index contributed by atoms with van der Waals surface area (Å²) < 4.78 is 30.1. The summed E-state index contributed by atoms with van der Waals surface area (Å²) in [6, 6.07) is 31.2. The van der Waals surface area contributed by atoms with Crippen LogP contribution in [0.2, 0.25) is 0 Å². The van der Waals surface area contributed by atoms with Gasteiger partial charge in [0.15, 0.2) is 0 Å². The van der Waals surface area contributed by atoms with Crippen molar-refractivity contribution in [2.24, 2.45) is 0 Å². The molecule has 0 saturated heterocycles. The first-order valence-corrected chi connectivity index (χ1v) is 16.8. The zero-order valence-electron chi connectivity index (χ0n) is 25.2. The van der Waals surface area contributed by atoms with Crippen LogP contribution in [0.15, 0.2) is 119 Å². The molecule has 230 valence electrons. The highest BCUT2D eigenvalue weighted by Crippen LogP contribution is 2.26. The minimum absolute atomic E-state index is 0.0724. The fraction of sp³-hybridized carbons (Fsp3) is 0.257. The molecule has 0 aromatic heterocycles. The molecule has 4 rings (SSSR count). The van der Waals surface area contributed by atoms with Gasteiger partial charge in [-0.2, -0.15) is 0 Å². The fourth-order valence-corrected chi connectivity index (χ4v) is 6.73. The van der Waals surface area contributed by atoms with Gasteiger partial charge in [-0.05, 0) is 73.4 Å². The number of carbonyl (C=O) groups excluding carboxylic acids is 2. The second-order valence-corrected chi connectivity index (χ2v) is 13.6. The van der Waals surface area contributed by atoms with Crippen molar-refractivity contribution in [3.05, 3.63) is 130 Å². The number of sulfonamides is 1. The minimum Gasteiger partial charge on any atom is -0.352 e. The Morgan fingerprint density at radius 1 is 0.841 bits per heavy atom. The number of amides is 2. The molecule has 0 aliphatic rings. The topological polar surface area (TPSA) is 86.8 Å². The lowest BCUT2D eigenvalue weighted by molar-refractivity contribution is -0.140. The Bertz CT molecular complexity index is 1670. The third-order valence-corrected chi connectivity index (χ3v) is 9.70. The smallest absolute Gasteiger partial charge is 0.264 e. The Balaban J connectivity index is 1.80. The van der Waals surface area contributed by atoms with Crippen molar-refractivity contribution in [3.8, 4) is 0 Å². The summed E-state index contributed by atoms with van der Waals surface area (Å²) in [4.78, 5) is 30.0. The Morgan fingerprint density at radius 3 is 2.11 bits per heavy atom. The molecule has 2 amide bonds. The van der Waals surface area contributed by atoms with Crippen molar-refractivity contribution >= 4 is 43.5 Å². The van der Waals surface area contributed by atoms with E-state index in [-0.39, 0.29) is 29.8 Å². The van der Waals surface area contributed by atoms with E-state index in [1.807, 2.05) is 81.4 Å². The van der Waals surface area contributed by atoms with E-state index >= 15 is 0 Å². The summed E-state index contributed by atoms with van der Waals surface area (Å²) in [5.74, 6) is -0.786. The summed E-state index contributed by atoms with van der Waals surface area (Å²) >= 11 is 3.51. The summed E-state index contributed by atoms with van der Waals surface area (Å²) in [5, 5.41) is 3.06. The maximum Gasteiger partial charge on any atom is 0.264 e. The average molecular weight is 677 g/mol. The highest BCUT2D eigenvalue weighted by molar-refractivity contribution is 9.10. The monoisotopic (exact) mass is 675 g/mol. The van der Waals surface area contributed by atoms with Crippen molar-refractivity contribution < 1.29 is 18.0 Å². The molecule has 2 atom stereocenters. The molecule has 0 bridgehead atoms. The van der Waals surface area contributed by atoms with Gasteiger partial charge in [-0.3, -0.25) is 13.9 Å². The van der Waals surface area contributed by atoms with Crippen LogP contribution in [0.4, 0.5) is 5.69 Å². The van der Waals surface area contributed by atoms with E-state index in [0.29, 0.717) is 5.69 Å². The second-order valence-electron chi connectivity index (χ2n) is 10.8. The van der Waals surface area contributed by atoms with Crippen LogP contribution in [0.3, 0.4) is 0 Å². The average Bonchev–Trinajstić information content (AvgIpc) is 3.02. The lowest BCUT2D eigenvalue weighted by Crippen LogP contribution is -2.54. The molecule has 1 N–H and O–H groups in total. The molecule has 0 aliphatic heterocycles. The van der Waals surface area contributed by atoms with Gasteiger partial charge in [0.1, 0.15) is 12.6 Å². The van der Waals surface area contributed by atoms with Crippen LogP contribution in [0, 0.1) is 6.92 Å². The molecule has 0 fully saturated rings. The predicted octanol–water partition coefficient (Wildman–Crippen LogP) is 6.51. The number of carbonyl (C=O) groups is 2. The van der Waals surface area contributed by atoms with Crippen LogP contribution in [-0.2, 0) is 32.6 Å². The fourth-order valence-electron chi connectivity index (χ4n) is 4.86. The van der Waals surface area contributed by atoms with Gasteiger partial charge >= 0.3 is 0 Å². The molecular formula is C35H38BrN3O4S. The molecule has 0 radical (unpaired) electrons. The third-order valence-electron chi connectivity index (χ3n) is 7.41. The third kappa shape index (κ3) is 8.57. The van der Waals surface area contributed by atoms with Crippen LogP contribution in [-0.4, -0.2) is 43.8 Å². The second kappa shape index (κ2) is 15.2. The number of hydrogen-bond donors (Lipinski definition) is 1. The summed E-state index contributed by atoms with van der Waals surface area (Å²) in [5.41, 5.74) is 2.91. The molecule has 4 aromatic rings. The Kier molecular flexibility index (Phi) is 11.4. The quantitative estimate of drug-likeness (QED) is 0.175. The molecule has 0 spiro atoms. The van der Waals surface area contributed by atoms with Gasteiger partial charge in [0.05, 0.1) is 10.6 Å². The van der Waals surface area contributed by atoms with E-state index in [2.05, 4.69) is 21.2 Å². The summed E-state index contributed by atoms with van der Waals surface area (Å²) in [7, 11) is -4.13. The number of nitrogens with one attached hydrogen (secondary N) is 1. The molecule has 0 aliphatic carbocycles. The number of hydrogen-bond acceptors (Lipinski definition) is 4. The Hall–Kier alpha value is -3.95. The predicted molar refractivity (Wildman–Crippen MR) is 179 cm³/mol. The number of benzene rings is 4. The maximum atomic E-state index is 14.5. The van der Waals surface area contributed by atoms with E-state index in [1.54, 1.807) is 36.4 Å². The molecule has 9 heteroatoms. The minimum atomic E-state index is -4.13. The van der Waals surface area contributed by atoms with Crippen molar-refractivity contribution in [3.63, 3.8) is 0 Å². The molecule has 44 heavy (non-hydrogen) atoms. The van der Waals surface area contributed by atoms with Crippen molar-refractivity contribution in [2.45, 2.75) is 57.1 Å². The number of nitrogens with zero attached hydrogens (tertiary/aromatic N) is 2. The molecular weight excluding hydrogens is 638 g/mol. The van der Waals surface area contributed by atoms with Crippen LogP contribution in [0.5, 0.6) is 0 Å². The highest BCUT2D eigenvalue weighted by atomic mass is 79.9. The highest BCUT2D eigenvalue weighted by Gasteiger charge is 2.35. The molecule has 4 aromatic carbocycles. The van der Waals surface area contributed by atoms with Gasteiger partial charge in [0, 0.05) is 23.5 Å². The van der Waals surface area contributed by atoms with E-state index < -0.39 is 28.5 Å². The Morgan fingerprint density at radius 2 is 1.48 bits per heavy atom.